The Labute approximate surface area is 151 Å². The van der Waals surface area contributed by atoms with Gasteiger partial charge in [0.05, 0.1) is 11.8 Å². The third-order valence-electron chi connectivity index (χ3n) is 5.37. The molecule has 3 fully saturated rings. The maximum atomic E-state index is 12.5. The van der Waals surface area contributed by atoms with Crippen molar-refractivity contribution in [2.24, 2.45) is 11.8 Å². The number of fused-ring (bicyclic) bond motifs is 1. The van der Waals surface area contributed by atoms with Gasteiger partial charge in [0.25, 0.3) is 5.91 Å². The van der Waals surface area contributed by atoms with Crippen molar-refractivity contribution in [3.05, 3.63) is 0 Å². The summed E-state index contributed by atoms with van der Waals surface area (Å²) >= 11 is 0. The molecule has 2 heterocycles. The second-order valence-electron chi connectivity index (χ2n) is 7.02. The number of nitrogens with zero attached hydrogens (tertiary/aromatic N) is 2. The van der Waals surface area contributed by atoms with Crippen LogP contribution in [0.1, 0.15) is 39.5 Å². The van der Waals surface area contributed by atoms with Gasteiger partial charge in [-0.05, 0) is 26.7 Å². The number of carbonyl (C=O) groups excluding carboxylic acids is 5. The zero-order valence-electron chi connectivity index (χ0n) is 14.9. The first-order chi connectivity index (χ1) is 12.3. The number of urea groups is 1. The van der Waals surface area contributed by atoms with Gasteiger partial charge in [0, 0.05) is 13.1 Å². The van der Waals surface area contributed by atoms with Gasteiger partial charge >= 0.3 is 12.0 Å². The van der Waals surface area contributed by atoms with E-state index in [9.17, 15) is 24.0 Å². The van der Waals surface area contributed by atoms with Gasteiger partial charge in [-0.1, -0.05) is 12.8 Å². The molecule has 0 spiro atoms. The van der Waals surface area contributed by atoms with Crippen molar-refractivity contribution >= 4 is 29.7 Å². The number of esters is 1. The minimum absolute atomic E-state index is 0.210. The van der Waals surface area contributed by atoms with E-state index >= 15 is 0 Å². The summed E-state index contributed by atoms with van der Waals surface area (Å²) in [4.78, 5) is 63.2. The maximum Gasteiger partial charge on any atom is 0.329 e. The number of hydrogen-bond acceptors (Lipinski definition) is 6. The highest BCUT2D eigenvalue weighted by molar-refractivity contribution is 6.08. The summed E-state index contributed by atoms with van der Waals surface area (Å²) in [5.74, 6) is -2.82. The van der Waals surface area contributed by atoms with E-state index in [-0.39, 0.29) is 30.2 Å². The van der Waals surface area contributed by atoms with Gasteiger partial charge in [0.2, 0.25) is 11.8 Å². The Bertz CT molecular complexity index is 639. The van der Waals surface area contributed by atoms with E-state index in [4.69, 9.17) is 4.74 Å². The third kappa shape index (κ3) is 3.06. The molecule has 3 aliphatic rings. The molecule has 0 radical (unpaired) electrons. The lowest BCUT2D eigenvalue weighted by atomic mass is 9.81. The van der Waals surface area contributed by atoms with Crippen LogP contribution in [0.15, 0.2) is 0 Å². The Morgan fingerprint density at radius 2 is 1.65 bits per heavy atom. The van der Waals surface area contributed by atoms with Crippen LogP contribution in [0.25, 0.3) is 0 Å². The van der Waals surface area contributed by atoms with Crippen LogP contribution >= 0.6 is 0 Å². The smallest absolute Gasteiger partial charge is 0.329 e. The summed E-state index contributed by atoms with van der Waals surface area (Å²) in [7, 11) is 0. The van der Waals surface area contributed by atoms with Gasteiger partial charge in [0.1, 0.15) is 6.04 Å². The lowest BCUT2D eigenvalue weighted by molar-refractivity contribution is -0.165. The monoisotopic (exact) mass is 365 g/mol. The molecule has 9 nitrogen and oxygen atoms in total. The van der Waals surface area contributed by atoms with Crippen molar-refractivity contribution in [3.8, 4) is 0 Å². The number of nitrogens with one attached hydrogen (secondary N) is 1. The highest BCUT2D eigenvalue weighted by atomic mass is 16.5. The van der Waals surface area contributed by atoms with Crippen molar-refractivity contribution in [1.29, 1.82) is 0 Å². The van der Waals surface area contributed by atoms with Crippen LogP contribution in [-0.2, 0) is 23.9 Å². The Morgan fingerprint density at radius 3 is 2.15 bits per heavy atom. The molecule has 26 heavy (non-hydrogen) atoms. The molecule has 2 aliphatic heterocycles. The molecule has 0 bridgehead atoms. The number of hydrogen-bond donors (Lipinski definition) is 1. The summed E-state index contributed by atoms with van der Waals surface area (Å²) in [6.07, 6.45) is 1.94. The molecule has 4 atom stereocenters. The fourth-order valence-corrected chi connectivity index (χ4v) is 3.90. The average molecular weight is 365 g/mol. The largest absolute Gasteiger partial charge is 0.451 e. The van der Waals surface area contributed by atoms with Gasteiger partial charge in [-0.25, -0.2) is 9.59 Å². The summed E-state index contributed by atoms with van der Waals surface area (Å²) in [5.41, 5.74) is 0. The summed E-state index contributed by atoms with van der Waals surface area (Å²) in [6.45, 7) is 3.35. The molecule has 0 aromatic heterocycles. The SMILES string of the molecule is C[C@H](OC(=O)[C@H](C)N1C(=O)[C@H]2CCCC[C@@H]2C1=O)C(=O)N1CCNC1=O. The highest BCUT2D eigenvalue weighted by Crippen LogP contribution is 2.38. The topological polar surface area (TPSA) is 113 Å². The van der Waals surface area contributed by atoms with E-state index < -0.39 is 30.1 Å². The zero-order valence-corrected chi connectivity index (χ0v) is 14.9. The van der Waals surface area contributed by atoms with Gasteiger partial charge in [-0.3, -0.25) is 24.2 Å². The second-order valence-corrected chi connectivity index (χ2v) is 7.02. The van der Waals surface area contributed by atoms with Crippen LogP contribution in [0.2, 0.25) is 0 Å². The summed E-state index contributed by atoms with van der Waals surface area (Å²) in [6, 6.07) is -1.62. The predicted molar refractivity (Wildman–Crippen MR) is 87.4 cm³/mol. The molecule has 0 unspecified atom stereocenters. The molecule has 142 valence electrons. The first-order valence-electron chi connectivity index (χ1n) is 8.99. The van der Waals surface area contributed by atoms with Crippen LogP contribution in [0.4, 0.5) is 4.79 Å². The molecule has 9 heteroatoms. The fraction of sp³-hybridized carbons (Fsp3) is 0.706. The number of likely N-dealkylation sites (tertiary alicyclic amines) is 1. The van der Waals surface area contributed by atoms with E-state index in [2.05, 4.69) is 5.32 Å². The Hall–Kier alpha value is -2.45. The highest BCUT2D eigenvalue weighted by Gasteiger charge is 2.51. The number of carbonyl (C=O) groups is 5. The van der Waals surface area contributed by atoms with E-state index in [1.165, 1.54) is 13.8 Å². The Balaban J connectivity index is 1.64. The van der Waals surface area contributed by atoms with Crippen LogP contribution in [-0.4, -0.2) is 64.8 Å². The van der Waals surface area contributed by atoms with Gasteiger partial charge in [-0.2, -0.15) is 0 Å². The number of ether oxygens (including phenoxy) is 1. The molecule has 1 aliphatic carbocycles. The Morgan fingerprint density at radius 1 is 1.08 bits per heavy atom. The van der Waals surface area contributed by atoms with Crippen LogP contribution < -0.4 is 5.32 Å². The van der Waals surface area contributed by atoms with Crippen molar-refractivity contribution in [3.63, 3.8) is 0 Å². The second kappa shape index (κ2) is 7.05. The molecule has 2 saturated heterocycles. The zero-order chi connectivity index (χ0) is 19.0. The molecule has 0 aromatic carbocycles. The first kappa shape index (κ1) is 18.3. The fourth-order valence-electron chi connectivity index (χ4n) is 3.90. The lowest BCUT2D eigenvalue weighted by Gasteiger charge is -2.24. The van der Waals surface area contributed by atoms with Gasteiger partial charge in [-0.15, -0.1) is 0 Å². The third-order valence-corrected chi connectivity index (χ3v) is 5.37. The van der Waals surface area contributed by atoms with Crippen LogP contribution in [0, 0.1) is 11.8 Å². The van der Waals surface area contributed by atoms with Crippen molar-refractivity contribution < 1.29 is 28.7 Å². The molecule has 0 aromatic rings. The van der Waals surface area contributed by atoms with Crippen molar-refractivity contribution in [2.45, 2.75) is 51.7 Å². The van der Waals surface area contributed by atoms with E-state index in [1.54, 1.807) is 0 Å². The average Bonchev–Trinajstić information content (AvgIpc) is 3.16. The molecule has 3 rings (SSSR count). The molecule has 1 saturated carbocycles. The summed E-state index contributed by atoms with van der Waals surface area (Å²) < 4.78 is 5.14. The van der Waals surface area contributed by atoms with E-state index in [0.29, 0.717) is 19.4 Å². The van der Waals surface area contributed by atoms with Crippen molar-refractivity contribution in [2.75, 3.05) is 13.1 Å². The standard InChI is InChI=1S/C17H23N3O6/c1-9(20-14(22)11-5-3-4-6-12(11)15(20)23)16(24)26-10(2)13(21)19-8-7-18-17(19)25/h9-12H,3-8H2,1-2H3,(H,18,25)/t9-,10-,11-,12-/m0/s1. The van der Waals surface area contributed by atoms with Crippen LogP contribution in [0.5, 0.6) is 0 Å². The lowest BCUT2D eigenvalue weighted by Crippen LogP contribution is -2.47. The number of amides is 5. The first-order valence-corrected chi connectivity index (χ1v) is 8.99. The normalized spacial score (nSPS) is 27.8. The Kier molecular flexibility index (Phi) is 4.97. The number of rotatable bonds is 4. The van der Waals surface area contributed by atoms with Crippen LogP contribution in [0.3, 0.4) is 0 Å². The maximum absolute atomic E-state index is 12.5. The molecular weight excluding hydrogens is 342 g/mol. The van der Waals surface area contributed by atoms with Gasteiger partial charge in [0.15, 0.2) is 6.10 Å². The summed E-state index contributed by atoms with van der Waals surface area (Å²) in [5, 5.41) is 2.49. The quantitative estimate of drug-likeness (QED) is 0.556. The van der Waals surface area contributed by atoms with Crippen molar-refractivity contribution in [1.82, 2.24) is 15.1 Å². The molecule has 5 amide bonds. The minimum Gasteiger partial charge on any atom is -0.451 e. The minimum atomic E-state index is -1.18. The van der Waals surface area contributed by atoms with Gasteiger partial charge < -0.3 is 10.1 Å². The molecule has 1 N–H and O–H groups in total. The number of imide groups is 2. The van der Waals surface area contributed by atoms with E-state index in [1.807, 2.05) is 0 Å². The molecular formula is C17H23N3O6. The predicted octanol–water partition coefficient (Wildman–Crippen LogP) is 0.0336. The van der Waals surface area contributed by atoms with E-state index in [0.717, 1.165) is 22.6 Å².